The molecule has 1 atom stereocenters. The van der Waals surface area contributed by atoms with Gasteiger partial charge in [0.1, 0.15) is 0 Å². The van der Waals surface area contributed by atoms with Gasteiger partial charge < -0.3 is 5.32 Å². The summed E-state index contributed by atoms with van der Waals surface area (Å²) in [6.45, 7) is 3.49. The summed E-state index contributed by atoms with van der Waals surface area (Å²) in [5.74, 6) is 0.0456. The Bertz CT molecular complexity index is 479. The first-order chi connectivity index (χ1) is 8.49. The molecule has 0 aromatic heterocycles. The molecule has 1 aliphatic rings. The van der Waals surface area contributed by atoms with Crippen molar-refractivity contribution < 1.29 is 8.42 Å². The van der Waals surface area contributed by atoms with Crippen molar-refractivity contribution in [2.45, 2.75) is 31.1 Å². The van der Waals surface area contributed by atoms with Gasteiger partial charge in [0, 0.05) is 12.1 Å². The molecule has 1 aromatic carbocycles. The molecular weight excluding hydrogens is 248 g/mol. The first kappa shape index (κ1) is 13.5. The first-order valence-corrected chi connectivity index (χ1v) is 7.91. The van der Waals surface area contributed by atoms with Crippen LogP contribution in [0.1, 0.15) is 25.3 Å². The van der Waals surface area contributed by atoms with E-state index < -0.39 is 10.0 Å². The maximum Gasteiger partial charge on any atom is 0.215 e. The maximum absolute atomic E-state index is 12.0. The standard InChI is InChI=1S/C13H20N2O2S/c1-13(8-5-9-14-13)11-15-18(16,17)10-12-6-3-2-4-7-12/h2-4,6-7,14-15H,5,8-11H2,1H3. The average molecular weight is 268 g/mol. The second kappa shape index (κ2) is 5.38. The van der Waals surface area contributed by atoms with E-state index in [1.807, 2.05) is 30.3 Å². The Morgan fingerprint density at radius 1 is 1.33 bits per heavy atom. The van der Waals surface area contributed by atoms with Crippen molar-refractivity contribution in [3.05, 3.63) is 35.9 Å². The van der Waals surface area contributed by atoms with Gasteiger partial charge in [-0.05, 0) is 31.9 Å². The fourth-order valence-electron chi connectivity index (χ4n) is 2.22. The van der Waals surface area contributed by atoms with Crippen molar-refractivity contribution in [3.63, 3.8) is 0 Å². The molecule has 0 bridgehead atoms. The third-order valence-electron chi connectivity index (χ3n) is 3.34. The summed E-state index contributed by atoms with van der Waals surface area (Å²) in [5.41, 5.74) is 0.721. The summed E-state index contributed by atoms with van der Waals surface area (Å²) in [6.07, 6.45) is 2.12. The highest BCUT2D eigenvalue weighted by atomic mass is 32.2. The lowest BCUT2D eigenvalue weighted by Crippen LogP contribution is -2.47. The largest absolute Gasteiger partial charge is 0.310 e. The summed E-state index contributed by atoms with van der Waals surface area (Å²) in [4.78, 5) is 0. The highest BCUT2D eigenvalue weighted by molar-refractivity contribution is 7.88. The number of hydrogen-bond donors (Lipinski definition) is 2. The van der Waals surface area contributed by atoms with E-state index in [1.165, 1.54) is 0 Å². The lowest BCUT2D eigenvalue weighted by molar-refractivity contribution is 0.409. The van der Waals surface area contributed by atoms with Gasteiger partial charge in [-0.3, -0.25) is 0 Å². The normalized spacial score (nSPS) is 24.3. The van der Waals surface area contributed by atoms with Crippen molar-refractivity contribution >= 4 is 10.0 Å². The van der Waals surface area contributed by atoms with E-state index in [2.05, 4.69) is 17.0 Å². The van der Waals surface area contributed by atoms with E-state index in [0.717, 1.165) is 24.9 Å². The minimum absolute atomic E-state index is 0.0456. The van der Waals surface area contributed by atoms with Crippen LogP contribution in [0.5, 0.6) is 0 Å². The van der Waals surface area contributed by atoms with Crippen LogP contribution in [0.25, 0.3) is 0 Å². The van der Waals surface area contributed by atoms with E-state index in [1.54, 1.807) is 0 Å². The van der Waals surface area contributed by atoms with E-state index in [0.29, 0.717) is 6.54 Å². The third-order valence-corrected chi connectivity index (χ3v) is 4.64. The summed E-state index contributed by atoms with van der Waals surface area (Å²) in [5, 5.41) is 3.34. The highest BCUT2D eigenvalue weighted by Gasteiger charge is 2.29. The molecule has 0 spiro atoms. The number of rotatable bonds is 5. The van der Waals surface area contributed by atoms with Crippen LogP contribution in [0, 0.1) is 0 Å². The Hall–Kier alpha value is -0.910. The second-order valence-electron chi connectivity index (χ2n) is 5.16. The average Bonchev–Trinajstić information content (AvgIpc) is 2.76. The summed E-state index contributed by atoms with van der Waals surface area (Å²) in [6, 6.07) is 9.24. The quantitative estimate of drug-likeness (QED) is 0.845. The predicted molar refractivity (Wildman–Crippen MR) is 72.7 cm³/mol. The minimum Gasteiger partial charge on any atom is -0.310 e. The molecule has 18 heavy (non-hydrogen) atoms. The SMILES string of the molecule is CC1(CNS(=O)(=O)Cc2ccccc2)CCCN1. The molecule has 1 aliphatic heterocycles. The summed E-state index contributed by atoms with van der Waals surface area (Å²) in [7, 11) is -3.25. The smallest absolute Gasteiger partial charge is 0.215 e. The fourth-order valence-corrected chi connectivity index (χ4v) is 3.49. The van der Waals surface area contributed by atoms with Gasteiger partial charge in [-0.1, -0.05) is 30.3 Å². The van der Waals surface area contributed by atoms with Gasteiger partial charge in [-0.2, -0.15) is 0 Å². The van der Waals surface area contributed by atoms with Crippen LogP contribution in [-0.2, 0) is 15.8 Å². The monoisotopic (exact) mass is 268 g/mol. The zero-order valence-electron chi connectivity index (χ0n) is 10.6. The van der Waals surface area contributed by atoms with Crippen LogP contribution in [0.3, 0.4) is 0 Å². The van der Waals surface area contributed by atoms with Crippen molar-refractivity contribution in [2.75, 3.05) is 13.1 Å². The molecule has 1 fully saturated rings. The molecule has 100 valence electrons. The van der Waals surface area contributed by atoms with Gasteiger partial charge in [0.05, 0.1) is 5.75 Å². The molecule has 0 radical (unpaired) electrons. The van der Waals surface area contributed by atoms with Crippen molar-refractivity contribution in [1.29, 1.82) is 0 Å². The molecule has 2 rings (SSSR count). The van der Waals surface area contributed by atoms with Gasteiger partial charge in [0.2, 0.25) is 10.0 Å². The van der Waals surface area contributed by atoms with E-state index >= 15 is 0 Å². The number of nitrogens with one attached hydrogen (secondary N) is 2. The first-order valence-electron chi connectivity index (χ1n) is 6.25. The summed E-state index contributed by atoms with van der Waals surface area (Å²) >= 11 is 0. The molecule has 0 aliphatic carbocycles. The number of hydrogen-bond acceptors (Lipinski definition) is 3. The highest BCUT2D eigenvalue weighted by Crippen LogP contribution is 2.17. The fraction of sp³-hybridized carbons (Fsp3) is 0.538. The van der Waals surface area contributed by atoms with Crippen LogP contribution in [-0.4, -0.2) is 27.0 Å². The van der Waals surface area contributed by atoms with E-state index in [-0.39, 0.29) is 11.3 Å². The molecule has 1 unspecified atom stereocenters. The molecule has 1 saturated heterocycles. The Morgan fingerprint density at radius 3 is 2.67 bits per heavy atom. The second-order valence-corrected chi connectivity index (χ2v) is 6.96. The molecule has 0 saturated carbocycles. The lowest BCUT2D eigenvalue weighted by atomic mass is 10.0. The van der Waals surface area contributed by atoms with Gasteiger partial charge in [-0.25, -0.2) is 13.1 Å². The van der Waals surface area contributed by atoms with Gasteiger partial charge in [0.25, 0.3) is 0 Å². The Labute approximate surface area is 109 Å². The molecular formula is C13H20N2O2S. The Balaban J connectivity index is 1.92. The van der Waals surface area contributed by atoms with Crippen molar-refractivity contribution in [3.8, 4) is 0 Å². The van der Waals surface area contributed by atoms with Crippen LogP contribution in [0.15, 0.2) is 30.3 Å². The number of sulfonamides is 1. The summed E-state index contributed by atoms with van der Waals surface area (Å²) < 4.78 is 26.6. The maximum atomic E-state index is 12.0. The molecule has 4 nitrogen and oxygen atoms in total. The van der Waals surface area contributed by atoms with Gasteiger partial charge in [0.15, 0.2) is 0 Å². The van der Waals surface area contributed by atoms with Crippen molar-refractivity contribution in [2.24, 2.45) is 0 Å². The van der Waals surface area contributed by atoms with Crippen LogP contribution in [0.4, 0.5) is 0 Å². The molecule has 2 N–H and O–H groups in total. The molecule has 5 heteroatoms. The van der Waals surface area contributed by atoms with E-state index in [4.69, 9.17) is 0 Å². The minimum atomic E-state index is -3.25. The van der Waals surface area contributed by atoms with E-state index in [9.17, 15) is 8.42 Å². The van der Waals surface area contributed by atoms with Crippen molar-refractivity contribution in [1.82, 2.24) is 10.0 Å². The molecule has 0 amide bonds. The topological polar surface area (TPSA) is 58.2 Å². The number of benzene rings is 1. The van der Waals surface area contributed by atoms with Gasteiger partial charge in [-0.15, -0.1) is 0 Å². The van der Waals surface area contributed by atoms with Gasteiger partial charge >= 0.3 is 0 Å². The Morgan fingerprint density at radius 2 is 2.06 bits per heavy atom. The Kier molecular flexibility index (Phi) is 4.04. The van der Waals surface area contributed by atoms with Crippen LogP contribution < -0.4 is 10.0 Å². The third kappa shape index (κ3) is 3.80. The zero-order chi connectivity index (χ0) is 13.1. The van der Waals surface area contributed by atoms with Crippen LogP contribution in [0.2, 0.25) is 0 Å². The molecule has 1 heterocycles. The predicted octanol–water partition coefficient (Wildman–Crippen LogP) is 1.25. The molecule has 1 aromatic rings. The van der Waals surface area contributed by atoms with Crippen LogP contribution >= 0.6 is 0 Å². The lowest BCUT2D eigenvalue weighted by Gasteiger charge is -2.24. The zero-order valence-corrected chi connectivity index (χ0v) is 11.5.